The predicted octanol–water partition coefficient (Wildman–Crippen LogP) is 1.99. The second kappa shape index (κ2) is 9.66. The Morgan fingerprint density at radius 2 is 1.72 bits per heavy atom. The summed E-state index contributed by atoms with van der Waals surface area (Å²) in [6, 6.07) is 20.8. The van der Waals surface area contributed by atoms with E-state index in [0.717, 1.165) is 17.1 Å². The van der Waals surface area contributed by atoms with Gasteiger partial charge in [0.1, 0.15) is 6.54 Å². The molecule has 3 aromatic rings. The minimum atomic E-state index is -0.430. The highest BCUT2D eigenvalue weighted by Crippen LogP contribution is 2.15. The number of carbonyl (C=O) groups is 1. The van der Waals surface area contributed by atoms with Gasteiger partial charge in [0, 0.05) is 36.5 Å². The smallest absolute Gasteiger partial charge is 0.275 e. The van der Waals surface area contributed by atoms with E-state index in [9.17, 15) is 14.9 Å². The third kappa shape index (κ3) is 6.02. The number of nitro benzene ring substituents is 1. The molecule has 0 radical (unpaired) electrons. The van der Waals surface area contributed by atoms with Gasteiger partial charge in [-0.25, -0.2) is 0 Å². The third-order valence-electron chi connectivity index (χ3n) is 4.64. The Kier molecular flexibility index (Phi) is 6.76. The fraction of sp³-hybridized carbons (Fsp3) is 0.227. The Morgan fingerprint density at radius 1 is 1.00 bits per heavy atom. The van der Waals surface area contributed by atoms with Crippen LogP contribution in [-0.2, 0) is 11.3 Å². The normalized spacial score (nSPS) is 11.8. The lowest BCUT2D eigenvalue weighted by molar-refractivity contribution is -0.885. The predicted molar refractivity (Wildman–Crippen MR) is 114 cm³/mol. The van der Waals surface area contributed by atoms with Crippen molar-refractivity contribution in [3.8, 4) is 0 Å². The highest BCUT2D eigenvalue weighted by atomic mass is 16.6. The first kappa shape index (κ1) is 20.3. The summed E-state index contributed by atoms with van der Waals surface area (Å²) >= 11 is 0. The summed E-state index contributed by atoms with van der Waals surface area (Å²) in [6.45, 7) is 2.20. The van der Waals surface area contributed by atoms with E-state index in [0.29, 0.717) is 19.6 Å². The van der Waals surface area contributed by atoms with Crippen LogP contribution in [0.2, 0.25) is 0 Å². The number of benzene rings is 3. The number of nitrogens with zero attached hydrogens (tertiary/aromatic N) is 1. The van der Waals surface area contributed by atoms with Crippen molar-refractivity contribution in [2.45, 2.75) is 6.54 Å². The lowest BCUT2D eigenvalue weighted by atomic mass is 10.1. The second-order valence-electron chi connectivity index (χ2n) is 7.07. The molecular weight excluding hydrogens is 368 g/mol. The first-order valence-electron chi connectivity index (χ1n) is 9.55. The summed E-state index contributed by atoms with van der Waals surface area (Å²) in [5.41, 5.74) is 2.04. The second-order valence-corrected chi connectivity index (χ2v) is 7.07. The highest BCUT2D eigenvalue weighted by Gasteiger charge is 2.10. The van der Waals surface area contributed by atoms with Crippen LogP contribution in [0.1, 0.15) is 5.56 Å². The van der Waals surface area contributed by atoms with Crippen LogP contribution in [0.3, 0.4) is 0 Å². The summed E-state index contributed by atoms with van der Waals surface area (Å²) in [4.78, 5) is 23.5. The Labute approximate surface area is 169 Å². The first-order valence-corrected chi connectivity index (χ1v) is 9.55. The quantitative estimate of drug-likeness (QED) is 0.295. The van der Waals surface area contributed by atoms with Gasteiger partial charge in [-0.2, -0.15) is 0 Å². The van der Waals surface area contributed by atoms with Crippen LogP contribution in [0.15, 0.2) is 66.7 Å². The zero-order valence-electron chi connectivity index (χ0n) is 16.4. The van der Waals surface area contributed by atoms with E-state index in [2.05, 4.69) is 41.0 Å². The molecule has 0 saturated heterocycles. The molecule has 3 rings (SSSR count). The molecule has 0 spiro atoms. The van der Waals surface area contributed by atoms with E-state index in [1.807, 2.05) is 19.2 Å². The molecule has 0 fully saturated rings. The maximum absolute atomic E-state index is 12.2. The van der Waals surface area contributed by atoms with Crippen molar-refractivity contribution in [2.24, 2.45) is 0 Å². The van der Waals surface area contributed by atoms with Gasteiger partial charge in [0.05, 0.1) is 12.0 Å². The lowest BCUT2D eigenvalue weighted by Gasteiger charge is -2.14. The summed E-state index contributed by atoms with van der Waals surface area (Å²) < 4.78 is 0. The molecule has 29 heavy (non-hydrogen) atoms. The molecule has 0 aromatic heterocycles. The average molecular weight is 393 g/mol. The number of amides is 1. The molecule has 1 unspecified atom stereocenters. The molecule has 3 N–H and O–H groups in total. The molecule has 0 aliphatic carbocycles. The zero-order valence-corrected chi connectivity index (χ0v) is 16.4. The van der Waals surface area contributed by atoms with E-state index < -0.39 is 4.92 Å². The van der Waals surface area contributed by atoms with Crippen molar-refractivity contribution in [2.75, 3.05) is 32.0 Å². The lowest BCUT2D eigenvalue weighted by Crippen LogP contribution is -3.08. The van der Waals surface area contributed by atoms with Gasteiger partial charge in [-0.3, -0.25) is 14.9 Å². The van der Waals surface area contributed by atoms with Gasteiger partial charge in [0.2, 0.25) is 0 Å². The zero-order chi connectivity index (χ0) is 20.6. The monoisotopic (exact) mass is 393 g/mol. The molecule has 7 heteroatoms. The topological polar surface area (TPSA) is 88.7 Å². The molecule has 1 atom stereocenters. The van der Waals surface area contributed by atoms with Crippen molar-refractivity contribution < 1.29 is 14.6 Å². The summed E-state index contributed by atoms with van der Waals surface area (Å²) in [5, 5.41) is 19.1. The van der Waals surface area contributed by atoms with Gasteiger partial charge in [0.15, 0.2) is 6.54 Å². The number of nitrogens with one attached hydrogen (secondary N) is 3. The fourth-order valence-corrected chi connectivity index (χ4v) is 3.21. The average Bonchev–Trinajstić information content (AvgIpc) is 2.71. The molecule has 0 aliphatic rings. The highest BCUT2D eigenvalue weighted by molar-refractivity contribution is 5.83. The van der Waals surface area contributed by atoms with Crippen LogP contribution < -0.4 is 15.5 Å². The molecule has 150 valence electrons. The summed E-state index contributed by atoms with van der Waals surface area (Å²) in [6.07, 6.45) is 0. The van der Waals surface area contributed by atoms with Gasteiger partial charge in [-0.05, 0) is 29.0 Å². The molecule has 0 aliphatic heterocycles. The SMILES string of the molecule is C[NH+](CC(=O)NCCNc1ccc([N+](=O)[O-])cc1)Cc1ccc2ccccc2c1. The fourth-order valence-electron chi connectivity index (χ4n) is 3.21. The minimum Gasteiger partial charge on any atom is -0.383 e. The van der Waals surface area contributed by atoms with Gasteiger partial charge in [-0.15, -0.1) is 0 Å². The number of likely N-dealkylation sites (N-methyl/N-ethyl adjacent to an activating group) is 1. The number of non-ortho nitro benzene ring substituents is 1. The standard InChI is InChI=1S/C22H24N4O3/c1-25(15-17-6-7-18-4-2-3-5-19(18)14-17)16-22(27)24-13-12-23-20-8-10-21(11-9-20)26(28)29/h2-11,14,23H,12-13,15-16H2,1H3,(H,24,27)/p+1. The van der Waals surface area contributed by atoms with E-state index >= 15 is 0 Å². The van der Waals surface area contributed by atoms with E-state index in [1.165, 1.54) is 28.5 Å². The number of hydrogen-bond donors (Lipinski definition) is 3. The Bertz CT molecular complexity index is 989. The number of nitro groups is 1. The van der Waals surface area contributed by atoms with Crippen LogP contribution in [0.4, 0.5) is 11.4 Å². The van der Waals surface area contributed by atoms with Crippen molar-refractivity contribution in [3.05, 3.63) is 82.4 Å². The summed E-state index contributed by atoms with van der Waals surface area (Å²) in [7, 11) is 2.00. The number of anilines is 1. The number of rotatable bonds is 9. The van der Waals surface area contributed by atoms with Crippen LogP contribution in [0.25, 0.3) is 10.8 Å². The van der Waals surface area contributed by atoms with E-state index in [1.54, 1.807) is 12.1 Å². The first-order chi connectivity index (χ1) is 14.0. The van der Waals surface area contributed by atoms with Crippen LogP contribution in [0, 0.1) is 10.1 Å². The molecule has 7 nitrogen and oxygen atoms in total. The third-order valence-corrected chi connectivity index (χ3v) is 4.64. The number of carbonyl (C=O) groups excluding carboxylic acids is 1. The van der Waals surface area contributed by atoms with Gasteiger partial charge < -0.3 is 15.5 Å². The maximum Gasteiger partial charge on any atom is 0.275 e. The van der Waals surface area contributed by atoms with Crippen molar-refractivity contribution in [3.63, 3.8) is 0 Å². The number of hydrogen-bond acceptors (Lipinski definition) is 4. The van der Waals surface area contributed by atoms with Crippen molar-refractivity contribution in [1.29, 1.82) is 0 Å². The largest absolute Gasteiger partial charge is 0.383 e. The Hall–Kier alpha value is -3.45. The molecular formula is C22H25N4O3+. The Morgan fingerprint density at radius 3 is 2.45 bits per heavy atom. The van der Waals surface area contributed by atoms with Gasteiger partial charge in [0.25, 0.3) is 11.6 Å². The van der Waals surface area contributed by atoms with Crippen molar-refractivity contribution >= 4 is 28.1 Å². The van der Waals surface area contributed by atoms with E-state index in [-0.39, 0.29) is 11.6 Å². The van der Waals surface area contributed by atoms with Gasteiger partial charge >= 0.3 is 0 Å². The van der Waals surface area contributed by atoms with Crippen LogP contribution in [-0.4, -0.2) is 37.5 Å². The molecule has 0 heterocycles. The molecule has 0 bridgehead atoms. The maximum atomic E-state index is 12.2. The molecule has 3 aromatic carbocycles. The van der Waals surface area contributed by atoms with Crippen LogP contribution in [0.5, 0.6) is 0 Å². The molecule has 1 amide bonds. The minimum absolute atomic E-state index is 0.00575. The Balaban J connectivity index is 1.38. The van der Waals surface area contributed by atoms with Crippen molar-refractivity contribution in [1.82, 2.24) is 5.32 Å². The van der Waals surface area contributed by atoms with Gasteiger partial charge in [-0.1, -0.05) is 36.4 Å². The molecule has 0 saturated carbocycles. The number of fused-ring (bicyclic) bond motifs is 1. The van der Waals surface area contributed by atoms with Crippen LogP contribution >= 0.6 is 0 Å². The van der Waals surface area contributed by atoms with E-state index in [4.69, 9.17) is 0 Å². The summed E-state index contributed by atoms with van der Waals surface area (Å²) in [5.74, 6) is -0.00575. The number of quaternary nitrogens is 1.